The maximum atomic E-state index is 10.6. The molecule has 2 N–H and O–H groups in total. The summed E-state index contributed by atoms with van der Waals surface area (Å²) in [6.07, 6.45) is -0.310. The van der Waals surface area contributed by atoms with E-state index >= 15 is 0 Å². The van der Waals surface area contributed by atoms with Crippen molar-refractivity contribution < 1.29 is 19.4 Å². The minimum absolute atomic E-state index is 0.217. The van der Waals surface area contributed by atoms with Crippen LogP contribution in [0.4, 0.5) is 0 Å². The van der Waals surface area contributed by atoms with Crippen molar-refractivity contribution in [2.75, 3.05) is 6.61 Å². The highest BCUT2D eigenvalue weighted by Crippen LogP contribution is 1.87. The van der Waals surface area contributed by atoms with E-state index in [9.17, 15) is 9.59 Å². The molecule has 0 bridgehead atoms. The molecular formula is C7H11NO4. The van der Waals surface area contributed by atoms with Crippen LogP contribution in [0.1, 0.15) is 6.92 Å². The van der Waals surface area contributed by atoms with Gasteiger partial charge in [0.05, 0.1) is 0 Å². The minimum atomic E-state index is -1.29. The van der Waals surface area contributed by atoms with Gasteiger partial charge in [-0.2, -0.15) is 0 Å². The number of carboxylic acids is 1. The monoisotopic (exact) mass is 173 g/mol. The van der Waals surface area contributed by atoms with Gasteiger partial charge in [0.15, 0.2) is 0 Å². The fourth-order valence-electron chi connectivity index (χ4n) is 0.529. The van der Waals surface area contributed by atoms with E-state index in [0.717, 1.165) is 6.08 Å². The molecule has 0 saturated heterocycles. The van der Waals surface area contributed by atoms with Crippen molar-refractivity contribution in [2.24, 2.45) is 0 Å². The third kappa shape index (κ3) is 3.72. The van der Waals surface area contributed by atoms with Crippen LogP contribution in [0.25, 0.3) is 0 Å². The molecule has 0 aliphatic rings. The molecule has 0 radical (unpaired) electrons. The number of amides is 1. The van der Waals surface area contributed by atoms with Crippen LogP contribution in [0.3, 0.4) is 0 Å². The fourth-order valence-corrected chi connectivity index (χ4v) is 0.529. The molecule has 0 aliphatic heterocycles. The maximum Gasteiger partial charge on any atom is 0.354 e. The van der Waals surface area contributed by atoms with Crippen LogP contribution in [0.15, 0.2) is 12.7 Å². The number of nitrogens with one attached hydrogen (secondary N) is 1. The highest BCUT2D eigenvalue weighted by molar-refractivity contribution is 5.90. The van der Waals surface area contributed by atoms with Crippen molar-refractivity contribution in [2.45, 2.75) is 13.2 Å². The van der Waals surface area contributed by atoms with E-state index in [1.165, 1.54) is 0 Å². The number of carbonyl (C=O) groups is 2. The Morgan fingerprint density at radius 3 is 2.67 bits per heavy atom. The average molecular weight is 173 g/mol. The van der Waals surface area contributed by atoms with Gasteiger partial charge in [-0.3, -0.25) is 4.79 Å². The highest BCUT2D eigenvalue weighted by Gasteiger charge is 2.17. The summed E-state index contributed by atoms with van der Waals surface area (Å²) in [5.41, 5.74) is 0. The molecule has 0 heterocycles. The van der Waals surface area contributed by atoms with Gasteiger partial charge in [0.25, 0.3) is 0 Å². The lowest BCUT2D eigenvalue weighted by atomic mass is 10.5. The molecule has 5 nitrogen and oxygen atoms in total. The molecule has 12 heavy (non-hydrogen) atoms. The SMILES string of the molecule is C=CC(=O)NC(OCC)C(=O)O. The van der Waals surface area contributed by atoms with Crippen molar-refractivity contribution in [3.05, 3.63) is 12.7 Å². The fraction of sp³-hybridized carbons (Fsp3) is 0.429. The number of rotatable bonds is 5. The van der Waals surface area contributed by atoms with E-state index in [0.29, 0.717) is 0 Å². The highest BCUT2D eigenvalue weighted by atomic mass is 16.5. The van der Waals surface area contributed by atoms with E-state index < -0.39 is 18.1 Å². The Morgan fingerprint density at radius 2 is 2.33 bits per heavy atom. The van der Waals surface area contributed by atoms with Gasteiger partial charge >= 0.3 is 5.97 Å². The first kappa shape index (κ1) is 10.6. The van der Waals surface area contributed by atoms with E-state index in [1.807, 2.05) is 0 Å². The maximum absolute atomic E-state index is 10.6. The summed E-state index contributed by atoms with van der Waals surface area (Å²) in [7, 11) is 0. The summed E-state index contributed by atoms with van der Waals surface area (Å²) < 4.78 is 4.70. The molecule has 0 aromatic carbocycles. The summed E-state index contributed by atoms with van der Waals surface area (Å²) in [6.45, 7) is 5.02. The van der Waals surface area contributed by atoms with Crippen molar-refractivity contribution in [3.8, 4) is 0 Å². The Hall–Kier alpha value is -1.36. The van der Waals surface area contributed by atoms with Crippen molar-refractivity contribution in [3.63, 3.8) is 0 Å². The molecule has 1 unspecified atom stereocenters. The van der Waals surface area contributed by atoms with Crippen LogP contribution in [0.2, 0.25) is 0 Å². The van der Waals surface area contributed by atoms with Gasteiger partial charge in [-0.15, -0.1) is 0 Å². The predicted molar refractivity (Wildman–Crippen MR) is 41.4 cm³/mol. The van der Waals surface area contributed by atoms with E-state index in [1.54, 1.807) is 6.92 Å². The van der Waals surface area contributed by atoms with Gasteiger partial charge in [0.1, 0.15) is 0 Å². The molecule has 0 aliphatic carbocycles. The molecule has 0 aromatic rings. The topological polar surface area (TPSA) is 75.6 Å². The van der Waals surface area contributed by atoms with Crippen LogP contribution in [0.5, 0.6) is 0 Å². The Kier molecular flexibility index (Phi) is 4.71. The zero-order chi connectivity index (χ0) is 9.56. The Labute approximate surface area is 70.0 Å². The van der Waals surface area contributed by atoms with Crippen LogP contribution in [0, 0.1) is 0 Å². The first-order valence-electron chi connectivity index (χ1n) is 3.39. The summed E-state index contributed by atoms with van der Waals surface area (Å²) in [6, 6.07) is 0. The number of hydrogen-bond donors (Lipinski definition) is 2. The first-order valence-corrected chi connectivity index (χ1v) is 3.39. The van der Waals surface area contributed by atoms with E-state index in [-0.39, 0.29) is 6.61 Å². The molecule has 0 fully saturated rings. The first-order chi connectivity index (χ1) is 5.61. The summed E-state index contributed by atoms with van der Waals surface area (Å²) in [5, 5.41) is 10.6. The van der Waals surface area contributed by atoms with Crippen LogP contribution >= 0.6 is 0 Å². The largest absolute Gasteiger partial charge is 0.478 e. The Bertz CT molecular complexity index is 190. The summed E-state index contributed by atoms with van der Waals surface area (Å²) in [5.74, 6) is -1.80. The molecule has 0 rings (SSSR count). The minimum Gasteiger partial charge on any atom is -0.478 e. The number of hydrogen-bond acceptors (Lipinski definition) is 3. The lowest BCUT2D eigenvalue weighted by molar-refractivity contribution is -0.154. The second-order valence-corrected chi connectivity index (χ2v) is 1.89. The second-order valence-electron chi connectivity index (χ2n) is 1.89. The zero-order valence-electron chi connectivity index (χ0n) is 6.74. The van der Waals surface area contributed by atoms with Gasteiger partial charge in [0.2, 0.25) is 12.1 Å². The van der Waals surface area contributed by atoms with Gasteiger partial charge < -0.3 is 15.2 Å². The second kappa shape index (κ2) is 5.31. The van der Waals surface area contributed by atoms with Crippen LogP contribution in [-0.2, 0) is 14.3 Å². The number of aliphatic carboxylic acids is 1. The summed E-state index contributed by atoms with van der Waals surface area (Å²) in [4.78, 5) is 21.0. The quantitative estimate of drug-likeness (QED) is 0.443. The standard InChI is InChI=1S/C7H11NO4/c1-3-5(9)8-6(7(10)11)12-4-2/h3,6H,1,4H2,2H3,(H,8,9)(H,10,11). The lowest BCUT2D eigenvalue weighted by Gasteiger charge is -2.12. The third-order valence-corrected chi connectivity index (χ3v) is 1.02. The zero-order valence-corrected chi connectivity index (χ0v) is 6.74. The molecular weight excluding hydrogens is 162 g/mol. The molecule has 0 saturated carbocycles. The average Bonchev–Trinajstić information content (AvgIpc) is 2.03. The Balaban J connectivity index is 4.03. The molecule has 68 valence electrons. The number of ether oxygens (including phenoxy) is 1. The van der Waals surface area contributed by atoms with Gasteiger partial charge in [0, 0.05) is 6.61 Å². The predicted octanol–water partition coefficient (Wildman–Crippen LogP) is -0.264. The van der Waals surface area contributed by atoms with Gasteiger partial charge in [-0.1, -0.05) is 6.58 Å². The van der Waals surface area contributed by atoms with Crippen molar-refractivity contribution in [1.29, 1.82) is 0 Å². The lowest BCUT2D eigenvalue weighted by Crippen LogP contribution is -2.41. The summed E-state index contributed by atoms with van der Waals surface area (Å²) >= 11 is 0. The van der Waals surface area contributed by atoms with Crippen molar-refractivity contribution in [1.82, 2.24) is 5.32 Å². The molecule has 1 atom stereocenters. The van der Waals surface area contributed by atoms with Crippen LogP contribution < -0.4 is 5.32 Å². The Morgan fingerprint density at radius 1 is 1.75 bits per heavy atom. The van der Waals surface area contributed by atoms with Gasteiger partial charge in [-0.05, 0) is 13.0 Å². The normalized spacial score (nSPS) is 11.8. The molecule has 5 heteroatoms. The molecule has 0 aromatic heterocycles. The molecule has 0 spiro atoms. The van der Waals surface area contributed by atoms with E-state index in [4.69, 9.17) is 9.84 Å². The van der Waals surface area contributed by atoms with Crippen molar-refractivity contribution >= 4 is 11.9 Å². The third-order valence-electron chi connectivity index (χ3n) is 1.02. The molecule has 1 amide bonds. The van der Waals surface area contributed by atoms with E-state index in [2.05, 4.69) is 11.9 Å². The smallest absolute Gasteiger partial charge is 0.354 e. The number of carboxylic acid groups (broad SMARTS) is 1. The van der Waals surface area contributed by atoms with Crippen LogP contribution in [-0.4, -0.2) is 29.8 Å². The number of carbonyl (C=O) groups excluding carboxylic acids is 1. The van der Waals surface area contributed by atoms with Gasteiger partial charge in [-0.25, -0.2) is 4.79 Å².